The Morgan fingerprint density at radius 3 is 1.44 bits per heavy atom. The molecule has 0 aromatic carbocycles. The fraction of sp³-hybridized carbons (Fsp3) is 0.864. The van der Waals surface area contributed by atoms with Gasteiger partial charge in [-0.05, 0) is 19.8 Å². The molecule has 0 atom stereocenters. The summed E-state index contributed by atoms with van der Waals surface area (Å²) in [7, 11) is 0. The Hall–Kier alpha value is -0.830. The average molecular weight is 354 g/mol. The van der Waals surface area contributed by atoms with Crippen LogP contribution in [0.4, 0.5) is 0 Å². The van der Waals surface area contributed by atoms with Gasteiger partial charge in [0.1, 0.15) is 0 Å². The van der Waals surface area contributed by atoms with Crippen molar-refractivity contribution >= 4 is 5.97 Å². The standard InChI is InChI=1S/C22H43NO2/c1-3-4-5-6-7-8-9-10-11-12-13-14-15-16-17-18-19-20-21(2)22(24)25-23/h20H,3-19,23H2,1-2H3. The number of carbonyl (C=O) groups excluding carboxylic acids is 1. The molecule has 0 fully saturated rings. The van der Waals surface area contributed by atoms with E-state index in [4.69, 9.17) is 5.90 Å². The molecule has 0 aromatic rings. The molecule has 0 aliphatic rings. The molecular formula is C22H43NO2. The fourth-order valence-corrected chi connectivity index (χ4v) is 3.19. The van der Waals surface area contributed by atoms with Crippen LogP contribution in [0.15, 0.2) is 11.6 Å². The van der Waals surface area contributed by atoms with Crippen molar-refractivity contribution in [1.82, 2.24) is 0 Å². The van der Waals surface area contributed by atoms with Gasteiger partial charge in [0.2, 0.25) is 0 Å². The molecule has 0 saturated heterocycles. The molecule has 0 aliphatic heterocycles. The molecule has 0 rings (SSSR count). The quantitative estimate of drug-likeness (QED) is 0.164. The van der Waals surface area contributed by atoms with Gasteiger partial charge in [-0.3, -0.25) is 0 Å². The highest BCUT2D eigenvalue weighted by atomic mass is 16.7. The van der Waals surface area contributed by atoms with Crippen LogP contribution >= 0.6 is 0 Å². The number of rotatable bonds is 18. The molecule has 0 bridgehead atoms. The van der Waals surface area contributed by atoms with Gasteiger partial charge in [-0.1, -0.05) is 109 Å². The first-order chi connectivity index (χ1) is 12.2. The highest BCUT2D eigenvalue weighted by Crippen LogP contribution is 2.14. The third-order valence-corrected chi connectivity index (χ3v) is 4.94. The predicted octanol–water partition coefficient (Wildman–Crippen LogP) is 7.00. The predicted molar refractivity (Wildman–Crippen MR) is 108 cm³/mol. The van der Waals surface area contributed by atoms with Crippen molar-refractivity contribution in [3.63, 3.8) is 0 Å². The monoisotopic (exact) mass is 353 g/mol. The van der Waals surface area contributed by atoms with Crippen molar-refractivity contribution in [2.75, 3.05) is 0 Å². The van der Waals surface area contributed by atoms with Crippen LogP contribution < -0.4 is 5.90 Å². The molecule has 0 heterocycles. The van der Waals surface area contributed by atoms with Crippen LogP contribution in [0, 0.1) is 0 Å². The second-order valence-electron chi connectivity index (χ2n) is 7.38. The van der Waals surface area contributed by atoms with Crippen LogP contribution in [-0.4, -0.2) is 5.97 Å². The van der Waals surface area contributed by atoms with Gasteiger partial charge in [0.25, 0.3) is 0 Å². The van der Waals surface area contributed by atoms with E-state index in [0.717, 1.165) is 12.8 Å². The minimum Gasteiger partial charge on any atom is -0.370 e. The molecule has 2 N–H and O–H groups in total. The molecule has 0 aromatic heterocycles. The molecule has 0 radical (unpaired) electrons. The third kappa shape index (κ3) is 17.8. The van der Waals surface area contributed by atoms with Gasteiger partial charge in [-0.25, -0.2) is 4.79 Å². The van der Waals surface area contributed by atoms with Gasteiger partial charge >= 0.3 is 5.97 Å². The van der Waals surface area contributed by atoms with Gasteiger partial charge in [-0.15, -0.1) is 0 Å². The van der Waals surface area contributed by atoms with Crippen molar-refractivity contribution < 1.29 is 9.63 Å². The van der Waals surface area contributed by atoms with Crippen LogP contribution in [0.2, 0.25) is 0 Å². The maximum absolute atomic E-state index is 11.1. The largest absolute Gasteiger partial charge is 0.370 e. The zero-order valence-electron chi connectivity index (χ0n) is 17.0. The molecule has 148 valence electrons. The Morgan fingerprint density at radius 1 is 0.720 bits per heavy atom. The lowest BCUT2D eigenvalue weighted by atomic mass is 10.0. The molecule has 0 amide bonds. The lowest BCUT2D eigenvalue weighted by Gasteiger charge is -2.03. The first-order valence-corrected chi connectivity index (χ1v) is 10.8. The van der Waals surface area contributed by atoms with E-state index in [2.05, 4.69) is 11.8 Å². The number of nitrogens with two attached hydrogens (primary N) is 1. The van der Waals surface area contributed by atoms with E-state index in [1.807, 2.05) is 6.08 Å². The van der Waals surface area contributed by atoms with Crippen LogP contribution in [0.5, 0.6) is 0 Å². The minimum atomic E-state index is -0.420. The topological polar surface area (TPSA) is 52.3 Å². The fourth-order valence-electron chi connectivity index (χ4n) is 3.19. The summed E-state index contributed by atoms with van der Waals surface area (Å²) in [6, 6.07) is 0. The second kappa shape index (κ2) is 19.5. The number of hydrogen-bond acceptors (Lipinski definition) is 3. The van der Waals surface area contributed by atoms with Crippen molar-refractivity contribution in [2.45, 2.75) is 123 Å². The molecule has 0 saturated carbocycles. The Bertz CT molecular complexity index is 326. The molecular weight excluding hydrogens is 310 g/mol. The molecule has 3 heteroatoms. The Labute approximate surface area is 156 Å². The molecule has 0 spiro atoms. The van der Waals surface area contributed by atoms with Crippen LogP contribution in [0.1, 0.15) is 123 Å². The van der Waals surface area contributed by atoms with E-state index < -0.39 is 5.97 Å². The summed E-state index contributed by atoms with van der Waals surface area (Å²) in [6.45, 7) is 4.03. The molecule has 0 unspecified atom stereocenters. The maximum Gasteiger partial charge on any atom is 0.351 e. The van der Waals surface area contributed by atoms with Crippen molar-refractivity contribution in [3.8, 4) is 0 Å². The summed E-state index contributed by atoms with van der Waals surface area (Å²) in [4.78, 5) is 15.3. The lowest BCUT2D eigenvalue weighted by molar-refractivity contribution is -0.139. The third-order valence-electron chi connectivity index (χ3n) is 4.94. The zero-order chi connectivity index (χ0) is 18.6. The lowest BCUT2D eigenvalue weighted by Crippen LogP contribution is -2.10. The van der Waals surface area contributed by atoms with E-state index in [1.165, 1.54) is 96.3 Å². The van der Waals surface area contributed by atoms with E-state index in [-0.39, 0.29) is 0 Å². The Morgan fingerprint density at radius 2 is 1.08 bits per heavy atom. The summed E-state index contributed by atoms with van der Waals surface area (Å²) >= 11 is 0. The zero-order valence-corrected chi connectivity index (χ0v) is 17.0. The van der Waals surface area contributed by atoms with E-state index in [1.54, 1.807) is 6.92 Å². The molecule has 0 aliphatic carbocycles. The van der Waals surface area contributed by atoms with E-state index in [9.17, 15) is 4.79 Å². The van der Waals surface area contributed by atoms with Crippen LogP contribution in [0.25, 0.3) is 0 Å². The maximum atomic E-state index is 11.1. The summed E-state index contributed by atoms with van der Waals surface area (Å²) in [5, 5.41) is 0. The number of allylic oxidation sites excluding steroid dienone is 1. The second-order valence-corrected chi connectivity index (χ2v) is 7.38. The molecule has 3 nitrogen and oxygen atoms in total. The highest BCUT2D eigenvalue weighted by molar-refractivity contribution is 5.87. The first-order valence-electron chi connectivity index (χ1n) is 10.8. The van der Waals surface area contributed by atoms with Gasteiger partial charge in [-0.2, -0.15) is 5.90 Å². The smallest absolute Gasteiger partial charge is 0.351 e. The number of unbranched alkanes of at least 4 members (excludes halogenated alkanes) is 16. The Balaban J connectivity index is 3.16. The first kappa shape index (κ1) is 24.2. The Kier molecular flexibility index (Phi) is 18.8. The summed E-state index contributed by atoms with van der Waals surface area (Å²) in [6.07, 6.45) is 25.0. The van der Waals surface area contributed by atoms with Crippen molar-refractivity contribution in [1.29, 1.82) is 0 Å². The SMILES string of the molecule is CCCCCCCCCCCCCCCCCCC=C(C)C(=O)ON. The van der Waals surface area contributed by atoms with Gasteiger partial charge in [0, 0.05) is 5.57 Å². The average Bonchev–Trinajstić information content (AvgIpc) is 2.63. The van der Waals surface area contributed by atoms with Crippen molar-refractivity contribution in [3.05, 3.63) is 11.6 Å². The van der Waals surface area contributed by atoms with Crippen LogP contribution in [-0.2, 0) is 9.63 Å². The summed E-state index contributed by atoms with van der Waals surface area (Å²) in [5.74, 6) is 4.43. The number of hydrogen-bond donors (Lipinski definition) is 1. The normalized spacial score (nSPS) is 11.7. The van der Waals surface area contributed by atoms with Crippen molar-refractivity contribution in [2.24, 2.45) is 5.90 Å². The van der Waals surface area contributed by atoms with E-state index >= 15 is 0 Å². The van der Waals surface area contributed by atoms with Crippen LogP contribution in [0.3, 0.4) is 0 Å². The summed E-state index contributed by atoms with van der Waals surface area (Å²) in [5.41, 5.74) is 0.614. The van der Waals surface area contributed by atoms with E-state index in [0.29, 0.717) is 5.57 Å². The van der Waals surface area contributed by atoms with Gasteiger partial charge in [0.15, 0.2) is 0 Å². The highest BCUT2D eigenvalue weighted by Gasteiger charge is 2.02. The minimum absolute atomic E-state index is 0.420. The summed E-state index contributed by atoms with van der Waals surface area (Å²) < 4.78 is 0. The molecule has 25 heavy (non-hydrogen) atoms. The number of carbonyl (C=O) groups is 1. The van der Waals surface area contributed by atoms with Gasteiger partial charge in [0.05, 0.1) is 0 Å². The van der Waals surface area contributed by atoms with Gasteiger partial charge < -0.3 is 4.84 Å².